The molecule has 10 heavy (non-hydrogen) atoms. The highest BCUT2D eigenvalue weighted by Gasteiger charge is 2.10. The van der Waals surface area contributed by atoms with Gasteiger partial charge in [0.15, 0.2) is 0 Å². The molecule has 0 rings (SSSR count). The van der Waals surface area contributed by atoms with Crippen LogP contribution in [0.25, 0.3) is 0 Å². The maximum absolute atomic E-state index is 10.2. The number of carboxylic acids is 1. The predicted molar refractivity (Wildman–Crippen MR) is 47.1 cm³/mol. The molecule has 0 aliphatic heterocycles. The van der Waals surface area contributed by atoms with Crippen molar-refractivity contribution in [1.29, 1.82) is 0 Å². The Morgan fingerprint density at radius 2 is 2.00 bits per heavy atom. The molecule has 0 aromatic heterocycles. The monoisotopic (exact) mass is 164 g/mol. The second kappa shape index (κ2) is 3.86. The van der Waals surface area contributed by atoms with E-state index in [1.54, 1.807) is 0 Å². The van der Waals surface area contributed by atoms with Gasteiger partial charge in [0.05, 0.1) is 6.42 Å². The zero-order valence-corrected chi connectivity index (χ0v) is 7.70. The zero-order chi connectivity index (χ0) is 8.20. The second-order valence-corrected chi connectivity index (χ2v) is 7.42. The van der Waals surface area contributed by atoms with Gasteiger partial charge >= 0.3 is 5.97 Å². The van der Waals surface area contributed by atoms with Gasteiger partial charge in [-0.15, -0.1) is 0 Å². The second-order valence-electron chi connectivity index (χ2n) is 2.90. The first kappa shape index (κ1) is 9.82. The standard InChI is InChI=1S/C7H16O2S/c1-4-10(2,3)6-5-7(8)9/h4-6H2,1-3H3,(H,8,9). The first-order chi connectivity index (χ1) is 4.48. The van der Waals surface area contributed by atoms with Crippen molar-refractivity contribution in [1.82, 2.24) is 0 Å². The quantitative estimate of drug-likeness (QED) is 0.684. The number of rotatable bonds is 4. The lowest BCUT2D eigenvalue weighted by Gasteiger charge is -2.28. The summed E-state index contributed by atoms with van der Waals surface area (Å²) in [6.45, 7) is 2.12. The Labute approximate surface area is 63.9 Å². The third-order valence-corrected chi connectivity index (χ3v) is 4.52. The molecule has 3 heteroatoms. The van der Waals surface area contributed by atoms with Crippen LogP contribution < -0.4 is 0 Å². The Hall–Kier alpha value is -0.180. The van der Waals surface area contributed by atoms with Crippen molar-refractivity contribution in [2.24, 2.45) is 0 Å². The molecule has 2 nitrogen and oxygen atoms in total. The Morgan fingerprint density at radius 3 is 2.30 bits per heavy atom. The normalized spacial score (nSPS) is 13.1. The Kier molecular flexibility index (Phi) is 3.79. The molecule has 0 fully saturated rings. The molecule has 0 aliphatic rings. The van der Waals surface area contributed by atoms with Gasteiger partial charge in [0.25, 0.3) is 0 Å². The molecule has 0 saturated heterocycles. The van der Waals surface area contributed by atoms with Crippen LogP contribution in [0, 0.1) is 0 Å². The van der Waals surface area contributed by atoms with E-state index in [1.807, 2.05) is 0 Å². The highest BCUT2D eigenvalue weighted by Crippen LogP contribution is 2.39. The summed E-state index contributed by atoms with van der Waals surface area (Å²) >= 11 is 0. The van der Waals surface area contributed by atoms with Crippen LogP contribution in [-0.2, 0) is 4.79 Å². The molecule has 1 N–H and O–H groups in total. The maximum atomic E-state index is 10.2. The van der Waals surface area contributed by atoms with Crippen molar-refractivity contribution >= 4 is 16.0 Å². The lowest BCUT2D eigenvalue weighted by Crippen LogP contribution is -2.08. The van der Waals surface area contributed by atoms with Gasteiger partial charge in [0.1, 0.15) is 0 Å². The summed E-state index contributed by atoms with van der Waals surface area (Å²) in [5.74, 6) is 1.31. The van der Waals surface area contributed by atoms with Crippen molar-refractivity contribution in [3.63, 3.8) is 0 Å². The van der Waals surface area contributed by atoms with E-state index in [-0.39, 0.29) is 0 Å². The van der Waals surface area contributed by atoms with Crippen LogP contribution >= 0.6 is 10.0 Å². The predicted octanol–water partition coefficient (Wildman–Crippen LogP) is 1.55. The van der Waals surface area contributed by atoms with E-state index >= 15 is 0 Å². The summed E-state index contributed by atoms with van der Waals surface area (Å²) in [5.41, 5.74) is 0. The maximum Gasteiger partial charge on any atom is 0.304 e. The van der Waals surface area contributed by atoms with Gasteiger partial charge in [-0.2, -0.15) is 0 Å². The topological polar surface area (TPSA) is 37.3 Å². The fourth-order valence-corrected chi connectivity index (χ4v) is 1.52. The molecule has 0 amide bonds. The number of hydrogen-bond donors (Lipinski definition) is 1. The van der Waals surface area contributed by atoms with Crippen LogP contribution in [0.1, 0.15) is 13.3 Å². The van der Waals surface area contributed by atoms with Gasteiger partial charge in [-0.25, -0.2) is 10.0 Å². The van der Waals surface area contributed by atoms with Crippen LogP contribution in [0.2, 0.25) is 0 Å². The third-order valence-electron chi connectivity index (χ3n) is 1.65. The van der Waals surface area contributed by atoms with Crippen molar-refractivity contribution in [2.75, 3.05) is 24.0 Å². The van der Waals surface area contributed by atoms with E-state index in [9.17, 15) is 4.79 Å². The van der Waals surface area contributed by atoms with E-state index in [4.69, 9.17) is 5.11 Å². The summed E-state index contributed by atoms with van der Waals surface area (Å²) < 4.78 is 0. The van der Waals surface area contributed by atoms with Crippen molar-refractivity contribution in [3.05, 3.63) is 0 Å². The van der Waals surface area contributed by atoms with E-state index in [0.717, 1.165) is 11.5 Å². The van der Waals surface area contributed by atoms with Gasteiger partial charge in [-0.3, -0.25) is 4.79 Å². The molecular formula is C7H16O2S. The molecule has 0 unspecified atom stereocenters. The zero-order valence-electron chi connectivity index (χ0n) is 6.89. The Balaban J connectivity index is 3.56. The van der Waals surface area contributed by atoms with Gasteiger partial charge in [-0.05, 0) is 24.0 Å². The number of aliphatic carboxylic acids is 1. The summed E-state index contributed by atoms with van der Waals surface area (Å²) in [4.78, 5) is 10.2. The summed E-state index contributed by atoms with van der Waals surface area (Å²) in [5, 5.41) is 8.39. The Bertz CT molecular complexity index is 121. The van der Waals surface area contributed by atoms with Gasteiger partial charge in [-0.1, -0.05) is 6.92 Å². The molecule has 0 aromatic rings. The van der Waals surface area contributed by atoms with Crippen LogP contribution in [0.5, 0.6) is 0 Å². The van der Waals surface area contributed by atoms with E-state index in [2.05, 4.69) is 19.4 Å². The molecule has 0 atom stereocenters. The molecule has 0 aromatic carbocycles. The first-order valence-electron chi connectivity index (χ1n) is 3.38. The highest BCUT2D eigenvalue weighted by atomic mass is 32.3. The van der Waals surface area contributed by atoms with Gasteiger partial charge in [0, 0.05) is 0 Å². The summed E-state index contributed by atoms with van der Waals surface area (Å²) in [6.07, 6.45) is 4.68. The van der Waals surface area contributed by atoms with Crippen LogP contribution in [-0.4, -0.2) is 35.1 Å². The molecular weight excluding hydrogens is 148 g/mol. The summed E-state index contributed by atoms with van der Waals surface area (Å²) in [6, 6.07) is 0. The minimum absolute atomic E-state index is 0.330. The van der Waals surface area contributed by atoms with Crippen molar-refractivity contribution in [2.45, 2.75) is 13.3 Å². The molecule has 0 saturated carbocycles. The average Bonchev–Trinajstić information content (AvgIpc) is 1.85. The number of hydrogen-bond acceptors (Lipinski definition) is 1. The Morgan fingerprint density at radius 1 is 1.50 bits per heavy atom. The number of carbonyl (C=O) groups is 1. The fraction of sp³-hybridized carbons (Fsp3) is 0.857. The molecule has 0 heterocycles. The third kappa shape index (κ3) is 4.68. The van der Waals surface area contributed by atoms with Crippen molar-refractivity contribution < 1.29 is 9.90 Å². The van der Waals surface area contributed by atoms with Crippen molar-refractivity contribution in [3.8, 4) is 0 Å². The highest BCUT2D eigenvalue weighted by molar-refractivity contribution is 8.32. The largest absolute Gasteiger partial charge is 0.481 e. The van der Waals surface area contributed by atoms with Crippen LogP contribution in [0.15, 0.2) is 0 Å². The average molecular weight is 164 g/mol. The minimum Gasteiger partial charge on any atom is -0.481 e. The lowest BCUT2D eigenvalue weighted by molar-refractivity contribution is -0.136. The molecule has 0 aliphatic carbocycles. The smallest absolute Gasteiger partial charge is 0.304 e. The van der Waals surface area contributed by atoms with Gasteiger partial charge in [0.2, 0.25) is 0 Å². The summed E-state index contributed by atoms with van der Waals surface area (Å²) in [7, 11) is -0.595. The molecule has 0 radical (unpaired) electrons. The fourth-order valence-electron chi connectivity index (χ4n) is 0.508. The lowest BCUT2D eigenvalue weighted by atomic mass is 10.5. The minimum atomic E-state index is -0.672. The van der Waals surface area contributed by atoms with Gasteiger partial charge < -0.3 is 5.11 Å². The van der Waals surface area contributed by atoms with Crippen LogP contribution in [0.4, 0.5) is 0 Å². The van der Waals surface area contributed by atoms with E-state index < -0.39 is 16.0 Å². The van der Waals surface area contributed by atoms with Crippen LogP contribution in [0.3, 0.4) is 0 Å². The SMILES string of the molecule is CCS(C)(C)CCC(=O)O. The number of carboxylic acid groups (broad SMARTS) is 1. The van der Waals surface area contributed by atoms with E-state index in [1.165, 1.54) is 0 Å². The molecule has 0 bridgehead atoms. The first-order valence-corrected chi connectivity index (χ1v) is 6.17. The molecule has 0 spiro atoms. The molecule has 62 valence electrons. The van der Waals surface area contributed by atoms with E-state index in [0.29, 0.717) is 6.42 Å².